The van der Waals surface area contributed by atoms with Gasteiger partial charge in [0.05, 0.1) is 5.51 Å². The number of likely N-dealkylation sites (N-methyl/N-ethyl adjacent to an activating group) is 1. The second-order valence-electron chi connectivity index (χ2n) is 3.60. The van der Waals surface area contributed by atoms with E-state index in [2.05, 4.69) is 36.1 Å². The minimum atomic E-state index is 0.530. The lowest BCUT2D eigenvalue weighted by molar-refractivity contribution is 0.310. The highest BCUT2D eigenvalue weighted by Crippen LogP contribution is 2.04. The first-order valence-electron chi connectivity index (χ1n) is 5.01. The molecule has 0 spiro atoms. The fourth-order valence-corrected chi connectivity index (χ4v) is 1.81. The SMILES string of the molecule is CCN(C)CC(C)NCc1cncs1. The molecule has 0 aliphatic heterocycles. The van der Waals surface area contributed by atoms with Crippen molar-refractivity contribution in [3.8, 4) is 0 Å². The monoisotopic (exact) mass is 213 g/mol. The number of rotatable bonds is 6. The Hall–Kier alpha value is -0.450. The van der Waals surface area contributed by atoms with Gasteiger partial charge in [0.2, 0.25) is 0 Å². The molecule has 0 saturated heterocycles. The van der Waals surface area contributed by atoms with Crippen LogP contribution in [-0.2, 0) is 6.54 Å². The molecule has 4 heteroatoms. The zero-order valence-electron chi connectivity index (χ0n) is 9.16. The van der Waals surface area contributed by atoms with E-state index in [1.807, 2.05) is 11.7 Å². The minimum Gasteiger partial charge on any atom is -0.308 e. The topological polar surface area (TPSA) is 28.2 Å². The van der Waals surface area contributed by atoms with Crippen LogP contribution >= 0.6 is 11.3 Å². The molecule has 3 nitrogen and oxygen atoms in total. The molecular weight excluding hydrogens is 194 g/mol. The van der Waals surface area contributed by atoms with Crippen LogP contribution in [-0.4, -0.2) is 36.1 Å². The van der Waals surface area contributed by atoms with Crippen LogP contribution in [0.3, 0.4) is 0 Å². The summed E-state index contributed by atoms with van der Waals surface area (Å²) in [4.78, 5) is 7.66. The Morgan fingerprint density at radius 3 is 3.00 bits per heavy atom. The summed E-state index contributed by atoms with van der Waals surface area (Å²) in [6.07, 6.45) is 1.92. The van der Waals surface area contributed by atoms with Crippen LogP contribution in [0.25, 0.3) is 0 Å². The Morgan fingerprint density at radius 2 is 2.43 bits per heavy atom. The maximum atomic E-state index is 4.05. The molecule has 1 heterocycles. The molecule has 1 aromatic rings. The molecule has 0 fully saturated rings. The zero-order chi connectivity index (χ0) is 10.4. The Kier molecular flexibility index (Phi) is 5.07. The Labute approximate surface area is 90.2 Å². The normalized spacial score (nSPS) is 13.4. The van der Waals surface area contributed by atoms with Crippen LogP contribution in [0.1, 0.15) is 18.7 Å². The van der Waals surface area contributed by atoms with Gasteiger partial charge in [0.25, 0.3) is 0 Å². The zero-order valence-corrected chi connectivity index (χ0v) is 9.97. The summed E-state index contributed by atoms with van der Waals surface area (Å²) >= 11 is 1.70. The Bertz CT molecular complexity index is 236. The minimum absolute atomic E-state index is 0.530. The van der Waals surface area contributed by atoms with Gasteiger partial charge in [0, 0.05) is 30.2 Å². The van der Waals surface area contributed by atoms with Crippen LogP contribution in [0.4, 0.5) is 0 Å². The predicted octanol–water partition coefficient (Wildman–Crippen LogP) is 1.57. The van der Waals surface area contributed by atoms with Gasteiger partial charge in [-0.3, -0.25) is 4.98 Å². The molecule has 0 aliphatic rings. The summed E-state index contributed by atoms with van der Waals surface area (Å²) in [6, 6.07) is 0.530. The van der Waals surface area contributed by atoms with Crippen molar-refractivity contribution in [2.75, 3.05) is 20.1 Å². The lowest BCUT2D eigenvalue weighted by atomic mass is 10.3. The van der Waals surface area contributed by atoms with Crippen molar-refractivity contribution in [2.24, 2.45) is 0 Å². The predicted molar refractivity (Wildman–Crippen MR) is 61.6 cm³/mol. The van der Waals surface area contributed by atoms with Gasteiger partial charge in [-0.05, 0) is 20.5 Å². The van der Waals surface area contributed by atoms with Crippen LogP contribution in [0.15, 0.2) is 11.7 Å². The third-order valence-corrected chi connectivity index (χ3v) is 3.01. The smallest absolute Gasteiger partial charge is 0.0794 e. The summed E-state index contributed by atoms with van der Waals surface area (Å²) in [5.41, 5.74) is 1.87. The lowest BCUT2D eigenvalue weighted by Crippen LogP contribution is -2.36. The number of aromatic nitrogens is 1. The standard InChI is InChI=1S/C10H19N3S/c1-4-13(3)7-9(2)12-6-10-5-11-8-14-10/h5,8-9,12H,4,6-7H2,1-3H3. The summed E-state index contributed by atoms with van der Waals surface area (Å²) in [5, 5.41) is 3.48. The van der Waals surface area contributed by atoms with Crippen molar-refractivity contribution in [3.05, 3.63) is 16.6 Å². The van der Waals surface area contributed by atoms with E-state index in [-0.39, 0.29) is 0 Å². The highest BCUT2D eigenvalue weighted by Gasteiger charge is 2.04. The fraction of sp³-hybridized carbons (Fsp3) is 0.700. The third kappa shape index (κ3) is 4.17. The van der Waals surface area contributed by atoms with Gasteiger partial charge in [-0.15, -0.1) is 11.3 Å². The summed E-state index contributed by atoms with van der Waals surface area (Å²) < 4.78 is 0. The molecule has 1 rings (SSSR count). The molecule has 1 atom stereocenters. The number of hydrogen-bond donors (Lipinski definition) is 1. The molecule has 0 radical (unpaired) electrons. The second-order valence-corrected chi connectivity index (χ2v) is 4.58. The number of hydrogen-bond acceptors (Lipinski definition) is 4. The summed E-state index contributed by atoms with van der Waals surface area (Å²) in [7, 11) is 2.14. The highest BCUT2D eigenvalue weighted by atomic mass is 32.1. The number of nitrogens with zero attached hydrogens (tertiary/aromatic N) is 2. The van der Waals surface area contributed by atoms with Gasteiger partial charge in [-0.2, -0.15) is 0 Å². The number of nitrogens with one attached hydrogen (secondary N) is 1. The quantitative estimate of drug-likeness (QED) is 0.777. The van der Waals surface area contributed by atoms with Gasteiger partial charge in [0.1, 0.15) is 0 Å². The molecule has 0 aromatic carbocycles. The first-order chi connectivity index (χ1) is 6.72. The first kappa shape index (κ1) is 11.6. The van der Waals surface area contributed by atoms with Crippen molar-refractivity contribution >= 4 is 11.3 Å². The van der Waals surface area contributed by atoms with Gasteiger partial charge < -0.3 is 10.2 Å². The van der Waals surface area contributed by atoms with Crippen LogP contribution in [0, 0.1) is 0 Å². The second kappa shape index (κ2) is 6.11. The molecule has 0 saturated carbocycles. The highest BCUT2D eigenvalue weighted by molar-refractivity contribution is 7.09. The van der Waals surface area contributed by atoms with Crippen molar-refractivity contribution < 1.29 is 0 Å². The molecule has 0 amide bonds. The molecule has 1 N–H and O–H groups in total. The fourth-order valence-electron chi connectivity index (χ4n) is 1.27. The average molecular weight is 213 g/mol. The van der Waals surface area contributed by atoms with Crippen LogP contribution in [0.2, 0.25) is 0 Å². The molecule has 1 unspecified atom stereocenters. The van der Waals surface area contributed by atoms with E-state index >= 15 is 0 Å². The van der Waals surface area contributed by atoms with Crippen molar-refractivity contribution in [3.63, 3.8) is 0 Å². The van der Waals surface area contributed by atoms with Crippen LogP contribution < -0.4 is 5.32 Å². The van der Waals surface area contributed by atoms with Gasteiger partial charge >= 0.3 is 0 Å². The largest absolute Gasteiger partial charge is 0.308 e. The maximum Gasteiger partial charge on any atom is 0.0794 e. The van der Waals surface area contributed by atoms with E-state index in [1.165, 1.54) is 4.88 Å². The average Bonchev–Trinajstić information content (AvgIpc) is 2.67. The molecule has 0 aliphatic carbocycles. The summed E-state index contributed by atoms with van der Waals surface area (Å²) in [5.74, 6) is 0. The van der Waals surface area contributed by atoms with E-state index in [0.717, 1.165) is 19.6 Å². The van der Waals surface area contributed by atoms with Gasteiger partial charge in [-0.25, -0.2) is 0 Å². The summed E-state index contributed by atoms with van der Waals surface area (Å²) in [6.45, 7) is 7.52. The molecule has 0 bridgehead atoms. The molecule has 80 valence electrons. The van der Waals surface area contributed by atoms with Crippen molar-refractivity contribution in [2.45, 2.75) is 26.4 Å². The van der Waals surface area contributed by atoms with Crippen LogP contribution in [0.5, 0.6) is 0 Å². The third-order valence-electron chi connectivity index (χ3n) is 2.23. The number of thiazole rings is 1. The van der Waals surface area contributed by atoms with E-state index in [1.54, 1.807) is 11.3 Å². The Balaban J connectivity index is 2.18. The Morgan fingerprint density at radius 1 is 1.64 bits per heavy atom. The van der Waals surface area contributed by atoms with E-state index < -0.39 is 0 Å². The van der Waals surface area contributed by atoms with Crippen molar-refractivity contribution in [1.29, 1.82) is 0 Å². The molecular formula is C10H19N3S. The van der Waals surface area contributed by atoms with Gasteiger partial charge in [-0.1, -0.05) is 6.92 Å². The first-order valence-corrected chi connectivity index (χ1v) is 5.89. The maximum absolute atomic E-state index is 4.05. The lowest BCUT2D eigenvalue weighted by Gasteiger charge is -2.20. The molecule has 1 aromatic heterocycles. The molecule has 14 heavy (non-hydrogen) atoms. The van der Waals surface area contributed by atoms with Crippen molar-refractivity contribution in [1.82, 2.24) is 15.2 Å². The van der Waals surface area contributed by atoms with E-state index in [9.17, 15) is 0 Å². The van der Waals surface area contributed by atoms with Gasteiger partial charge in [0.15, 0.2) is 0 Å². The van der Waals surface area contributed by atoms with E-state index in [0.29, 0.717) is 6.04 Å². The van der Waals surface area contributed by atoms with E-state index in [4.69, 9.17) is 0 Å².